The summed E-state index contributed by atoms with van der Waals surface area (Å²) in [6, 6.07) is -0.450. The highest BCUT2D eigenvalue weighted by molar-refractivity contribution is 5.77. The van der Waals surface area contributed by atoms with Crippen LogP contribution in [0.5, 0.6) is 0 Å². The summed E-state index contributed by atoms with van der Waals surface area (Å²) in [4.78, 5) is 24.0. The minimum absolute atomic E-state index is 0.144. The number of carbonyl (C=O) groups is 2. The average Bonchev–Trinajstić information content (AvgIpc) is 2.64. The topological polar surface area (TPSA) is 109 Å². The molecule has 0 aromatic carbocycles. The molecule has 8 heteroatoms. The molecule has 8 nitrogen and oxygen atoms in total. The molecule has 0 radical (unpaired) electrons. The SMILES string of the molecule is COCCNC(=O)C[C@H]1C=C[C@@H](NC(=O)NC2CCCCC2)[C@H](CO)O1. The normalized spacial score (nSPS) is 26.3. The Morgan fingerprint density at radius 2 is 1.96 bits per heavy atom. The van der Waals surface area contributed by atoms with E-state index in [4.69, 9.17) is 9.47 Å². The largest absolute Gasteiger partial charge is 0.394 e. The van der Waals surface area contributed by atoms with Crippen LogP contribution < -0.4 is 16.0 Å². The second-order valence-electron chi connectivity index (χ2n) is 6.81. The van der Waals surface area contributed by atoms with Gasteiger partial charge in [0.2, 0.25) is 5.91 Å². The number of aliphatic hydroxyl groups is 1. The Kier molecular flexibility index (Phi) is 8.87. The summed E-state index contributed by atoms with van der Waals surface area (Å²) in [6.45, 7) is 0.662. The van der Waals surface area contributed by atoms with Crippen molar-refractivity contribution >= 4 is 11.9 Å². The highest BCUT2D eigenvalue weighted by Gasteiger charge is 2.29. The molecular weight excluding hydrogens is 338 g/mol. The number of aliphatic hydroxyl groups excluding tert-OH is 1. The molecule has 2 rings (SSSR count). The highest BCUT2D eigenvalue weighted by atomic mass is 16.5. The van der Waals surface area contributed by atoms with E-state index in [9.17, 15) is 14.7 Å². The van der Waals surface area contributed by atoms with E-state index in [1.54, 1.807) is 19.3 Å². The summed E-state index contributed by atoms with van der Waals surface area (Å²) < 4.78 is 10.6. The number of hydrogen-bond acceptors (Lipinski definition) is 5. The van der Waals surface area contributed by atoms with Crippen LogP contribution >= 0.6 is 0 Å². The Hall–Kier alpha value is -1.64. The zero-order valence-electron chi connectivity index (χ0n) is 15.4. The van der Waals surface area contributed by atoms with Crippen LogP contribution in [-0.4, -0.2) is 68.2 Å². The Morgan fingerprint density at radius 3 is 2.65 bits per heavy atom. The molecule has 0 aromatic heterocycles. The lowest BCUT2D eigenvalue weighted by Gasteiger charge is -2.32. The van der Waals surface area contributed by atoms with Crippen molar-refractivity contribution in [3.8, 4) is 0 Å². The zero-order valence-corrected chi connectivity index (χ0v) is 15.4. The van der Waals surface area contributed by atoms with Gasteiger partial charge >= 0.3 is 6.03 Å². The van der Waals surface area contributed by atoms with Crippen LogP contribution in [0.4, 0.5) is 4.79 Å². The molecule has 0 saturated heterocycles. The van der Waals surface area contributed by atoms with E-state index in [0.29, 0.717) is 13.2 Å². The molecule has 0 aromatic rings. The highest BCUT2D eigenvalue weighted by Crippen LogP contribution is 2.18. The van der Waals surface area contributed by atoms with Crippen LogP contribution in [0.15, 0.2) is 12.2 Å². The third-order valence-corrected chi connectivity index (χ3v) is 4.72. The van der Waals surface area contributed by atoms with E-state index in [2.05, 4.69) is 16.0 Å². The van der Waals surface area contributed by atoms with Crippen molar-refractivity contribution in [1.29, 1.82) is 0 Å². The number of urea groups is 1. The maximum atomic E-state index is 12.2. The van der Waals surface area contributed by atoms with Gasteiger partial charge in [0.1, 0.15) is 6.10 Å². The van der Waals surface area contributed by atoms with Gasteiger partial charge in [-0.15, -0.1) is 0 Å². The van der Waals surface area contributed by atoms with Crippen molar-refractivity contribution < 1.29 is 24.2 Å². The van der Waals surface area contributed by atoms with E-state index >= 15 is 0 Å². The van der Waals surface area contributed by atoms with Gasteiger partial charge in [-0.05, 0) is 12.8 Å². The number of carbonyl (C=O) groups excluding carboxylic acids is 2. The standard InChI is InChI=1S/C18H31N3O5/c1-25-10-9-19-17(23)11-14-7-8-15(16(12-22)26-14)21-18(24)20-13-5-3-2-4-6-13/h7-8,13-16,22H,2-6,9-12H2,1H3,(H,19,23)(H2,20,21,24)/t14-,15-,16+/m1/s1. The lowest BCUT2D eigenvalue weighted by Crippen LogP contribution is -2.53. The van der Waals surface area contributed by atoms with E-state index in [1.807, 2.05) is 0 Å². The molecule has 1 fully saturated rings. The third kappa shape index (κ3) is 6.93. The first-order valence-electron chi connectivity index (χ1n) is 9.39. The minimum atomic E-state index is -0.575. The number of methoxy groups -OCH3 is 1. The fourth-order valence-corrected chi connectivity index (χ4v) is 3.31. The van der Waals surface area contributed by atoms with E-state index in [-0.39, 0.29) is 31.0 Å². The van der Waals surface area contributed by atoms with Gasteiger partial charge in [-0.2, -0.15) is 0 Å². The Labute approximate surface area is 154 Å². The molecule has 26 heavy (non-hydrogen) atoms. The first-order valence-corrected chi connectivity index (χ1v) is 9.39. The molecule has 148 valence electrons. The molecular formula is C18H31N3O5. The van der Waals surface area contributed by atoms with Crippen LogP contribution in [0, 0.1) is 0 Å². The summed E-state index contributed by atoms with van der Waals surface area (Å²) in [5.41, 5.74) is 0. The van der Waals surface area contributed by atoms with Crippen LogP contribution in [0.1, 0.15) is 38.5 Å². The molecule has 0 bridgehead atoms. The third-order valence-electron chi connectivity index (χ3n) is 4.72. The molecule has 1 heterocycles. The fraction of sp³-hybridized carbons (Fsp3) is 0.778. The molecule has 3 amide bonds. The Balaban J connectivity index is 1.78. The van der Waals surface area contributed by atoms with Crippen molar-refractivity contribution in [2.75, 3.05) is 26.9 Å². The zero-order chi connectivity index (χ0) is 18.8. The van der Waals surface area contributed by atoms with Gasteiger partial charge in [0.15, 0.2) is 0 Å². The lowest BCUT2D eigenvalue weighted by molar-refractivity contribution is -0.125. The maximum Gasteiger partial charge on any atom is 0.315 e. The van der Waals surface area contributed by atoms with Gasteiger partial charge in [-0.3, -0.25) is 4.79 Å². The van der Waals surface area contributed by atoms with Gasteiger partial charge < -0.3 is 30.5 Å². The first kappa shape index (κ1) is 20.7. The van der Waals surface area contributed by atoms with Crippen molar-refractivity contribution in [3.05, 3.63) is 12.2 Å². The van der Waals surface area contributed by atoms with Gasteiger partial charge in [-0.25, -0.2) is 4.79 Å². The molecule has 1 saturated carbocycles. The quantitative estimate of drug-likeness (QED) is 0.367. The van der Waals surface area contributed by atoms with Crippen LogP contribution in [0.25, 0.3) is 0 Å². The maximum absolute atomic E-state index is 12.2. The Bertz CT molecular complexity index is 479. The minimum Gasteiger partial charge on any atom is -0.394 e. The molecule has 4 N–H and O–H groups in total. The molecule has 3 atom stereocenters. The molecule has 1 aliphatic heterocycles. The second kappa shape index (κ2) is 11.2. The smallest absolute Gasteiger partial charge is 0.315 e. The van der Waals surface area contributed by atoms with Gasteiger partial charge in [-0.1, -0.05) is 31.4 Å². The summed E-state index contributed by atoms with van der Waals surface area (Å²) >= 11 is 0. The van der Waals surface area contributed by atoms with E-state index < -0.39 is 18.2 Å². The van der Waals surface area contributed by atoms with Gasteiger partial charge in [0.05, 0.1) is 31.8 Å². The predicted octanol–water partition coefficient (Wildman–Crippen LogP) is 0.456. The van der Waals surface area contributed by atoms with E-state index in [0.717, 1.165) is 25.7 Å². The second-order valence-corrected chi connectivity index (χ2v) is 6.81. The van der Waals surface area contributed by atoms with E-state index in [1.165, 1.54) is 6.42 Å². The summed E-state index contributed by atoms with van der Waals surface area (Å²) in [6.07, 6.45) is 8.25. The number of ether oxygens (including phenoxy) is 2. The number of hydrogen-bond donors (Lipinski definition) is 4. The van der Waals surface area contributed by atoms with Crippen LogP contribution in [0.3, 0.4) is 0 Å². The number of rotatable bonds is 8. The van der Waals surface area contributed by atoms with Gasteiger partial charge in [0, 0.05) is 19.7 Å². The number of amides is 3. The number of nitrogens with one attached hydrogen (secondary N) is 3. The Morgan fingerprint density at radius 1 is 1.19 bits per heavy atom. The summed E-state index contributed by atoms with van der Waals surface area (Å²) in [5.74, 6) is -0.144. The molecule has 1 aliphatic carbocycles. The monoisotopic (exact) mass is 369 g/mol. The van der Waals surface area contributed by atoms with Crippen LogP contribution in [0.2, 0.25) is 0 Å². The van der Waals surface area contributed by atoms with Crippen LogP contribution in [-0.2, 0) is 14.3 Å². The molecule has 0 unspecified atom stereocenters. The van der Waals surface area contributed by atoms with Crippen molar-refractivity contribution in [1.82, 2.24) is 16.0 Å². The predicted molar refractivity (Wildman–Crippen MR) is 96.7 cm³/mol. The van der Waals surface area contributed by atoms with Gasteiger partial charge in [0.25, 0.3) is 0 Å². The summed E-state index contributed by atoms with van der Waals surface area (Å²) in [5, 5.41) is 18.1. The molecule has 0 spiro atoms. The first-order chi connectivity index (χ1) is 12.6. The molecule has 2 aliphatic rings. The van der Waals surface area contributed by atoms with Crippen molar-refractivity contribution in [3.63, 3.8) is 0 Å². The fourth-order valence-electron chi connectivity index (χ4n) is 3.31. The lowest BCUT2D eigenvalue weighted by atomic mass is 9.96. The average molecular weight is 369 g/mol. The van der Waals surface area contributed by atoms with Crippen molar-refractivity contribution in [2.24, 2.45) is 0 Å². The summed E-state index contributed by atoms with van der Waals surface area (Å²) in [7, 11) is 1.57. The van der Waals surface area contributed by atoms with Crippen molar-refractivity contribution in [2.45, 2.75) is 62.8 Å².